The van der Waals surface area contributed by atoms with Crippen LogP contribution in [0, 0.1) is 0 Å². The van der Waals surface area contributed by atoms with Crippen molar-refractivity contribution in [1.29, 1.82) is 0 Å². The van der Waals surface area contributed by atoms with Gasteiger partial charge in [-0.3, -0.25) is 20.1 Å². The van der Waals surface area contributed by atoms with Crippen LogP contribution in [0.2, 0.25) is 0 Å². The van der Waals surface area contributed by atoms with Crippen LogP contribution in [0.15, 0.2) is 0 Å². The van der Waals surface area contributed by atoms with E-state index < -0.39 is 22.8 Å². The van der Waals surface area contributed by atoms with Gasteiger partial charge in [0.1, 0.15) is 11.6 Å². The summed E-state index contributed by atoms with van der Waals surface area (Å²) in [4.78, 5) is 47.8. The Kier molecular flexibility index (Phi) is 13.9. The average molecular weight is 444 g/mol. The second-order valence-electron chi connectivity index (χ2n) is 8.58. The zero-order valence-corrected chi connectivity index (χ0v) is 18.9. The van der Waals surface area contributed by atoms with Crippen molar-refractivity contribution in [2.45, 2.75) is 104 Å². The standard InChI is InChI=1S/C10H18O8.C8H18O4/c1-7(11)5-9(3,15-13)17-18-10(4,16-14)6-8(2)12;1-7(2,11-9)5-6-8(3,4)12-10/h13-14H,5-6H2,1-4H3;9-10H,5-6H2,1-4H3. The number of rotatable bonds is 14. The second kappa shape index (κ2) is 13.4. The topological polar surface area (TPSA) is 170 Å². The molecule has 12 heteroatoms. The predicted octanol–water partition coefficient (Wildman–Crippen LogP) is 3.61. The van der Waals surface area contributed by atoms with Crippen LogP contribution in [-0.2, 0) is 38.9 Å². The fourth-order valence-corrected chi connectivity index (χ4v) is 1.93. The maximum atomic E-state index is 10.9. The predicted molar refractivity (Wildman–Crippen MR) is 102 cm³/mol. The molecular formula is C18H36O12. The summed E-state index contributed by atoms with van der Waals surface area (Å²) in [6.45, 7) is 12.1. The van der Waals surface area contributed by atoms with Crippen LogP contribution >= 0.6 is 0 Å². The van der Waals surface area contributed by atoms with Crippen LogP contribution in [0.3, 0.4) is 0 Å². The van der Waals surface area contributed by atoms with Crippen LogP contribution in [-0.4, -0.2) is 55.4 Å². The largest absolute Gasteiger partial charge is 0.300 e. The first-order valence-electron chi connectivity index (χ1n) is 9.15. The molecule has 0 aromatic heterocycles. The van der Waals surface area contributed by atoms with Gasteiger partial charge in [-0.2, -0.15) is 9.78 Å². The summed E-state index contributed by atoms with van der Waals surface area (Å²) in [5, 5.41) is 34.2. The molecule has 0 aliphatic heterocycles. The van der Waals surface area contributed by atoms with Crippen molar-refractivity contribution < 1.29 is 59.9 Å². The zero-order valence-electron chi connectivity index (χ0n) is 18.9. The van der Waals surface area contributed by atoms with Crippen LogP contribution in [0.4, 0.5) is 0 Å². The van der Waals surface area contributed by atoms with Gasteiger partial charge in [-0.15, -0.1) is 0 Å². The molecule has 0 heterocycles. The summed E-state index contributed by atoms with van der Waals surface area (Å²) in [7, 11) is 0. The first kappa shape index (κ1) is 31.1. The molecule has 0 bridgehead atoms. The quantitative estimate of drug-likeness (QED) is 0.174. The number of carbonyl (C=O) groups excluding carboxylic acids is 2. The minimum absolute atomic E-state index is 0.301. The molecule has 2 unspecified atom stereocenters. The Morgan fingerprint density at radius 2 is 0.867 bits per heavy atom. The highest BCUT2D eigenvalue weighted by atomic mass is 17.3. The summed E-state index contributed by atoms with van der Waals surface area (Å²) in [6, 6.07) is 0. The molecule has 0 rings (SSSR count). The summed E-state index contributed by atoms with van der Waals surface area (Å²) in [6.07, 6.45) is 0.615. The Hall–Kier alpha value is -1.06. The van der Waals surface area contributed by atoms with E-state index in [0.717, 1.165) is 0 Å². The maximum absolute atomic E-state index is 10.9. The van der Waals surface area contributed by atoms with E-state index in [1.807, 2.05) is 0 Å². The lowest BCUT2D eigenvalue weighted by molar-refractivity contribution is -0.563. The molecule has 4 N–H and O–H groups in total. The van der Waals surface area contributed by atoms with Crippen molar-refractivity contribution in [3.63, 3.8) is 0 Å². The van der Waals surface area contributed by atoms with Gasteiger partial charge < -0.3 is 0 Å². The number of hydrogen-bond acceptors (Lipinski definition) is 12. The molecular weight excluding hydrogens is 408 g/mol. The van der Waals surface area contributed by atoms with Gasteiger partial charge in [0.15, 0.2) is 0 Å². The van der Waals surface area contributed by atoms with Gasteiger partial charge in [-0.25, -0.2) is 30.1 Å². The molecule has 0 aromatic carbocycles. The van der Waals surface area contributed by atoms with Gasteiger partial charge >= 0.3 is 0 Å². The molecule has 0 aliphatic carbocycles. The second-order valence-corrected chi connectivity index (χ2v) is 8.58. The Morgan fingerprint density at radius 1 is 0.600 bits per heavy atom. The van der Waals surface area contributed by atoms with Gasteiger partial charge in [0.25, 0.3) is 0 Å². The molecule has 180 valence electrons. The number of carbonyl (C=O) groups is 2. The third kappa shape index (κ3) is 14.8. The smallest absolute Gasteiger partial charge is 0.237 e. The molecule has 0 saturated heterocycles. The van der Waals surface area contributed by atoms with Gasteiger partial charge in [0, 0.05) is 0 Å². The molecule has 0 aromatic rings. The van der Waals surface area contributed by atoms with E-state index in [1.165, 1.54) is 27.7 Å². The highest BCUT2D eigenvalue weighted by Crippen LogP contribution is 2.24. The highest BCUT2D eigenvalue weighted by Gasteiger charge is 2.37. The Bertz CT molecular complexity index is 475. The molecule has 30 heavy (non-hydrogen) atoms. The minimum Gasteiger partial charge on any atom is -0.300 e. The van der Waals surface area contributed by atoms with E-state index in [0.29, 0.717) is 12.8 Å². The molecule has 12 nitrogen and oxygen atoms in total. The molecule has 0 fully saturated rings. The zero-order chi connectivity index (χ0) is 24.2. The fourth-order valence-electron chi connectivity index (χ4n) is 1.93. The summed E-state index contributed by atoms with van der Waals surface area (Å²) in [5.41, 5.74) is -1.17. The third-order valence-corrected chi connectivity index (χ3v) is 3.74. The van der Waals surface area contributed by atoms with Crippen LogP contribution in [0.5, 0.6) is 0 Å². The average Bonchev–Trinajstić information content (AvgIpc) is 2.64. The van der Waals surface area contributed by atoms with E-state index in [-0.39, 0.29) is 24.4 Å². The van der Waals surface area contributed by atoms with E-state index in [2.05, 4.69) is 19.6 Å². The van der Waals surface area contributed by atoms with Gasteiger partial charge in [0.2, 0.25) is 11.6 Å². The molecule has 0 spiro atoms. The van der Waals surface area contributed by atoms with E-state index in [1.54, 1.807) is 27.7 Å². The van der Waals surface area contributed by atoms with Gasteiger partial charge in [-0.05, 0) is 68.2 Å². The van der Waals surface area contributed by atoms with Crippen molar-refractivity contribution in [1.82, 2.24) is 0 Å². The first-order chi connectivity index (χ1) is 13.5. The summed E-state index contributed by atoms with van der Waals surface area (Å²) in [5.74, 6) is -4.17. The molecule has 0 saturated carbocycles. The molecule has 0 radical (unpaired) electrons. The highest BCUT2D eigenvalue weighted by molar-refractivity contribution is 5.76. The van der Waals surface area contributed by atoms with Crippen LogP contribution in [0.1, 0.15) is 81.1 Å². The molecule has 2 atom stereocenters. The van der Waals surface area contributed by atoms with E-state index in [9.17, 15) is 9.59 Å². The number of ketones is 2. The first-order valence-corrected chi connectivity index (χ1v) is 9.15. The van der Waals surface area contributed by atoms with Crippen LogP contribution < -0.4 is 0 Å². The van der Waals surface area contributed by atoms with Crippen molar-refractivity contribution >= 4 is 11.6 Å². The third-order valence-electron chi connectivity index (χ3n) is 3.74. The van der Waals surface area contributed by atoms with E-state index in [4.69, 9.17) is 30.8 Å². The fraction of sp³-hybridized carbons (Fsp3) is 0.889. The van der Waals surface area contributed by atoms with E-state index >= 15 is 0 Å². The Morgan fingerprint density at radius 3 is 1.03 bits per heavy atom. The lowest BCUT2D eigenvalue weighted by Crippen LogP contribution is -2.41. The lowest BCUT2D eigenvalue weighted by Gasteiger charge is -2.29. The maximum Gasteiger partial charge on any atom is 0.237 e. The van der Waals surface area contributed by atoms with Crippen molar-refractivity contribution in [3.8, 4) is 0 Å². The Labute approximate surface area is 176 Å². The van der Waals surface area contributed by atoms with Crippen molar-refractivity contribution in [2.24, 2.45) is 0 Å². The molecule has 0 amide bonds. The van der Waals surface area contributed by atoms with Crippen molar-refractivity contribution in [2.75, 3.05) is 0 Å². The van der Waals surface area contributed by atoms with Gasteiger partial charge in [-0.1, -0.05) is 0 Å². The summed E-state index contributed by atoms with van der Waals surface area (Å²) >= 11 is 0. The SMILES string of the molecule is CC(=O)CC(C)(OO)OOC(C)(CC(C)=O)OO.CC(C)(CCC(C)(C)OO)OO. The number of Topliss-reactive ketones (excluding diaryl/α,β-unsaturated/α-hetero) is 2. The lowest BCUT2D eigenvalue weighted by atomic mass is 9.94. The number of hydrogen-bond donors (Lipinski definition) is 4. The monoisotopic (exact) mass is 444 g/mol. The van der Waals surface area contributed by atoms with Crippen LogP contribution in [0.25, 0.3) is 0 Å². The Balaban J connectivity index is 0. The minimum atomic E-state index is -1.76. The molecule has 0 aliphatic rings. The van der Waals surface area contributed by atoms with Crippen molar-refractivity contribution in [3.05, 3.63) is 0 Å². The summed E-state index contributed by atoms with van der Waals surface area (Å²) < 4.78 is 0. The van der Waals surface area contributed by atoms with Gasteiger partial charge in [0.05, 0.1) is 24.0 Å². The normalized spacial score (nSPS) is 16.1.